The van der Waals surface area contributed by atoms with Crippen LogP contribution in [0.25, 0.3) is 0 Å². The van der Waals surface area contributed by atoms with Gasteiger partial charge in [-0.2, -0.15) is 0 Å². The molecule has 0 aromatic heterocycles. The van der Waals surface area contributed by atoms with Crippen molar-refractivity contribution in [3.63, 3.8) is 0 Å². The van der Waals surface area contributed by atoms with Crippen LogP contribution in [0, 0.1) is 0 Å². The first-order valence-corrected chi connectivity index (χ1v) is 4.39. The molecule has 0 bridgehead atoms. The number of methoxy groups -OCH3 is 1. The molecule has 1 fully saturated rings. The van der Waals surface area contributed by atoms with Gasteiger partial charge < -0.3 is 30.5 Å². The zero-order valence-corrected chi connectivity index (χ0v) is 8.45. The van der Waals surface area contributed by atoms with Crippen molar-refractivity contribution >= 4 is 5.97 Å². The number of carboxylic acid groups (broad SMARTS) is 1. The van der Waals surface area contributed by atoms with E-state index < -0.39 is 36.1 Å². The number of carbonyl (C=O) groups is 1. The Bertz CT molecular complexity index is 256. The van der Waals surface area contributed by atoms with Crippen molar-refractivity contribution in [3.05, 3.63) is 0 Å². The highest BCUT2D eigenvalue weighted by Crippen LogP contribution is 2.28. The van der Waals surface area contributed by atoms with Gasteiger partial charge in [-0.15, -0.1) is 0 Å². The van der Waals surface area contributed by atoms with Gasteiger partial charge in [-0.1, -0.05) is 0 Å². The van der Waals surface area contributed by atoms with E-state index >= 15 is 0 Å². The molecule has 1 saturated heterocycles. The first kappa shape index (κ1) is 12.3. The minimum absolute atomic E-state index is 1.06. The van der Waals surface area contributed by atoms with E-state index in [-0.39, 0.29) is 0 Å². The fourth-order valence-corrected chi connectivity index (χ4v) is 1.46. The summed E-state index contributed by atoms with van der Waals surface area (Å²) in [6.45, 7) is 1.20. The van der Waals surface area contributed by atoms with E-state index in [0.717, 1.165) is 0 Å². The maximum absolute atomic E-state index is 10.8. The number of aliphatic hydroxyl groups is 2. The Balaban J connectivity index is 2.86. The molecular weight excluding hydrogens is 206 g/mol. The highest BCUT2D eigenvalue weighted by atomic mass is 16.7. The Kier molecular flexibility index (Phi) is 3.31. The fourth-order valence-electron chi connectivity index (χ4n) is 1.46. The average molecular weight is 221 g/mol. The molecule has 88 valence electrons. The van der Waals surface area contributed by atoms with Crippen LogP contribution in [0.4, 0.5) is 0 Å². The molecular formula is C8H15NO6. The molecule has 0 spiro atoms. The van der Waals surface area contributed by atoms with Crippen molar-refractivity contribution < 1.29 is 29.6 Å². The number of aliphatic hydroxyl groups excluding tert-OH is 2. The molecule has 1 aliphatic rings. The van der Waals surface area contributed by atoms with Crippen LogP contribution in [0.2, 0.25) is 0 Å². The third kappa shape index (κ3) is 1.97. The first-order valence-electron chi connectivity index (χ1n) is 4.39. The third-order valence-electron chi connectivity index (χ3n) is 2.50. The number of nitrogens with two attached hydrogens (primary N) is 1. The van der Waals surface area contributed by atoms with Crippen molar-refractivity contribution in [2.75, 3.05) is 7.11 Å². The smallest absolute Gasteiger partial charge is 0.326 e. The molecule has 0 unspecified atom stereocenters. The maximum Gasteiger partial charge on any atom is 0.326 e. The van der Waals surface area contributed by atoms with Gasteiger partial charge >= 0.3 is 5.97 Å². The lowest BCUT2D eigenvalue weighted by Gasteiger charge is -2.28. The molecule has 1 heterocycles. The van der Waals surface area contributed by atoms with Crippen molar-refractivity contribution in [1.29, 1.82) is 0 Å². The molecule has 5 atom stereocenters. The molecule has 0 radical (unpaired) electrons. The van der Waals surface area contributed by atoms with Crippen LogP contribution < -0.4 is 5.73 Å². The van der Waals surface area contributed by atoms with Crippen molar-refractivity contribution in [3.8, 4) is 0 Å². The zero-order valence-electron chi connectivity index (χ0n) is 8.45. The minimum Gasteiger partial charge on any atom is -0.480 e. The number of aliphatic carboxylic acids is 1. The fraction of sp³-hybridized carbons (Fsp3) is 0.875. The molecule has 7 nitrogen and oxygen atoms in total. The van der Waals surface area contributed by atoms with E-state index in [1.807, 2.05) is 0 Å². The highest BCUT2D eigenvalue weighted by Gasteiger charge is 2.53. The summed E-state index contributed by atoms with van der Waals surface area (Å²) < 4.78 is 9.75. The monoisotopic (exact) mass is 221 g/mol. The van der Waals surface area contributed by atoms with E-state index in [0.29, 0.717) is 0 Å². The number of carboxylic acids is 1. The van der Waals surface area contributed by atoms with Crippen LogP contribution in [0.1, 0.15) is 6.92 Å². The number of ether oxygens (including phenoxy) is 2. The van der Waals surface area contributed by atoms with Crippen LogP contribution in [-0.2, 0) is 14.3 Å². The van der Waals surface area contributed by atoms with Gasteiger partial charge in [-0.25, -0.2) is 0 Å². The summed E-state index contributed by atoms with van der Waals surface area (Å²) in [5, 5.41) is 27.8. The lowest BCUT2D eigenvalue weighted by atomic mass is 9.91. The Labute approximate surface area is 86.4 Å². The number of hydrogen-bond acceptors (Lipinski definition) is 6. The quantitative estimate of drug-likeness (QED) is 0.429. The summed E-state index contributed by atoms with van der Waals surface area (Å²) in [4.78, 5) is 10.8. The Morgan fingerprint density at radius 2 is 2.00 bits per heavy atom. The summed E-state index contributed by atoms with van der Waals surface area (Å²) >= 11 is 0. The van der Waals surface area contributed by atoms with Gasteiger partial charge in [0.1, 0.15) is 23.9 Å². The molecule has 15 heavy (non-hydrogen) atoms. The Morgan fingerprint density at radius 1 is 1.47 bits per heavy atom. The summed E-state index contributed by atoms with van der Waals surface area (Å²) in [7, 11) is 1.28. The summed E-state index contributed by atoms with van der Waals surface area (Å²) in [5.41, 5.74) is 3.70. The molecule has 0 aliphatic carbocycles. The minimum atomic E-state index is -1.78. The molecule has 7 heteroatoms. The van der Waals surface area contributed by atoms with E-state index in [4.69, 9.17) is 20.3 Å². The predicted molar refractivity (Wildman–Crippen MR) is 47.9 cm³/mol. The van der Waals surface area contributed by atoms with Gasteiger partial charge in [-0.3, -0.25) is 4.79 Å². The zero-order chi connectivity index (χ0) is 11.8. The van der Waals surface area contributed by atoms with E-state index in [1.165, 1.54) is 14.0 Å². The molecule has 5 N–H and O–H groups in total. The van der Waals surface area contributed by atoms with E-state index in [1.54, 1.807) is 0 Å². The Hall–Kier alpha value is -0.730. The highest BCUT2D eigenvalue weighted by molar-refractivity contribution is 5.79. The van der Waals surface area contributed by atoms with Gasteiger partial charge in [0.25, 0.3) is 0 Å². The van der Waals surface area contributed by atoms with Crippen LogP contribution >= 0.6 is 0 Å². The topological polar surface area (TPSA) is 122 Å². The van der Waals surface area contributed by atoms with Crippen molar-refractivity contribution in [1.82, 2.24) is 0 Å². The van der Waals surface area contributed by atoms with Gasteiger partial charge in [-0.05, 0) is 6.92 Å². The predicted octanol–water partition coefficient (Wildman–Crippen LogP) is -2.12. The summed E-state index contributed by atoms with van der Waals surface area (Å²) in [5.74, 6) is -1.32. The third-order valence-corrected chi connectivity index (χ3v) is 2.50. The maximum atomic E-state index is 10.8. The van der Waals surface area contributed by atoms with Crippen LogP contribution in [0.15, 0.2) is 0 Å². The van der Waals surface area contributed by atoms with Crippen LogP contribution in [-0.4, -0.2) is 58.5 Å². The summed E-state index contributed by atoms with van der Waals surface area (Å²) in [6, 6.07) is 0. The average Bonchev–Trinajstić information content (AvgIpc) is 2.44. The SMILES string of the molecule is CO[C@H]1O[C@H]([C@](C)(N)C(=O)O)[C@H](O)[C@@H]1O. The summed E-state index contributed by atoms with van der Waals surface area (Å²) in [6.07, 6.45) is -4.97. The molecule has 1 aliphatic heterocycles. The molecule has 0 aromatic carbocycles. The second-order valence-corrected chi connectivity index (χ2v) is 3.73. The first-order chi connectivity index (χ1) is 6.82. The van der Waals surface area contributed by atoms with E-state index in [2.05, 4.69) is 0 Å². The Morgan fingerprint density at radius 3 is 2.33 bits per heavy atom. The van der Waals surface area contributed by atoms with Crippen LogP contribution in [0.3, 0.4) is 0 Å². The normalized spacial score (nSPS) is 40.1. The molecule has 0 saturated carbocycles. The van der Waals surface area contributed by atoms with Gasteiger partial charge in [0.05, 0.1) is 0 Å². The molecule has 0 aromatic rings. The van der Waals surface area contributed by atoms with Gasteiger partial charge in [0.2, 0.25) is 0 Å². The van der Waals surface area contributed by atoms with Gasteiger partial charge in [0, 0.05) is 7.11 Å². The molecule has 0 amide bonds. The van der Waals surface area contributed by atoms with Crippen molar-refractivity contribution in [2.24, 2.45) is 5.73 Å². The number of rotatable bonds is 3. The van der Waals surface area contributed by atoms with E-state index in [9.17, 15) is 15.0 Å². The standard InChI is InChI=1S/C8H15NO6/c1-8(9,7(12)13)5-3(10)4(11)6(14-2)15-5/h3-6,10-11H,9H2,1-2H3,(H,12,13)/t3-,4+,5+,6+,8+/m1/s1. The second kappa shape index (κ2) is 4.03. The van der Waals surface area contributed by atoms with Gasteiger partial charge in [0.15, 0.2) is 6.29 Å². The number of hydrogen-bond donors (Lipinski definition) is 4. The second-order valence-electron chi connectivity index (χ2n) is 3.73. The van der Waals surface area contributed by atoms with Crippen LogP contribution in [0.5, 0.6) is 0 Å². The largest absolute Gasteiger partial charge is 0.480 e. The lowest BCUT2D eigenvalue weighted by Crippen LogP contribution is -2.59. The molecule has 1 rings (SSSR count). The lowest BCUT2D eigenvalue weighted by molar-refractivity contribution is -0.169. The van der Waals surface area contributed by atoms with Crippen molar-refractivity contribution in [2.45, 2.75) is 37.1 Å².